The Hall–Kier alpha value is -2.52. The minimum Gasteiger partial charge on any atom is -0.390 e. The van der Waals surface area contributed by atoms with Crippen LogP contribution in [0.2, 0.25) is 0 Å². The molecular formula is C5H6N6O4. The molecule has 10 heteroatoms. The van der Waals surface area contributed by atoms with E-state index in [-0.39, 0.29) is 0 Å². The molecule has 0 amide bonds. The van der Waals surface area contributed by atoms with Gasteiger partial charge < -0.3 is 11.5 Å². The van der Waals surface area contributed by atoms with Crippen LogP contribution in [0.1, 0.15) is 0 Å². The summed E-state index contributed by atoms with van der Waals surface area (Å²) in [6, 6.07) is -1.81. The molecule has 0 bridgehead atoms. The van der Waals surface area contributed by atoms with Crippen molar-refractivity contribution in [3.05, 3.63) is 31.6 Å². The number of nitrogens with one attached hydrogen (secondary N) is 1. The summed E-state index contributed by atoms with van der Waals surface area (Å²) in [6.45, 7) is 0. The number of hydrogen-bond donors (Lipinski definition) is 3. The third-order valence-corrected chi connectivity index (χ3v) is 1.70. The van der Waals surface area contributed by atoms with Crippen LogP contribution >= 0.6 is 0 Å². The average molecular weight is 214 g/mol. The van der Waals surface area contributed by atoms with E-state index in [0.29, 0.717) is 0 Å². The van der Waals surface area contributed by atoms with Gasteiger partial charge in [0.2, 0.25) is 11.7 Å². The molecule has 15 heavy (non-hydrogen) atoms. The quantitative estimate of drug-likeness (QED) is 0.369. The summed E-state index contributed by atoms with van der Waals surface area (Å²) in [5.74, 6) is -1.32. The number of hydrogen-bond acceptors (Lipinski definition) is 7. The number of aliphatic imine (C=N–C) groups is 1. The van der Waals surface area contributed by atoms with E-state index in [1.807, 2.05) is 0 Å². The lowest BCUT2D eigenvalue weighted by Crippen LogP contribution is -2.42. The zero-order valence-electron chi connectivity index (χ0n) is 7.21. The van der Waals surface area contributed by atoms with E-state index in [1.165, 1.54) is 0 Å². The number of dihydropyridines is 1. The van der Waals surface area contributed by atoms with Crippen molar-refractivity contribution >= 4 is 11.7 Å². The number of nitrogens with zero attached hydrogens (tertiary/aromatic N) is 3. The number of nitro groups is 2. The van der Waals surface area contributed by atoms with E-state index in [9.17, 15) is 20.2 Å². The predicted octanol–water partition coefficient (Wildman–Crippen LogP) is -1.57. The highest BCUT2D eigenvalue weighted by Crippen LogP contribution is 2.15. The molecule has 1 unspecified atom stereocenters. The van der Waals surface area contributed by atoms with Crippen molar-refractivity contribution in [1.29, 1.82) is 5.41 Å². The molecule has 0 fully saturated rings. The first kappa shape index (κ1) is 10.6. The van der Waals surface area contributed by atoms with Crippen molar-refractivity contribution in [1.82, 2.24) is 0 Å². The largest absolute Gasteiger partial charge is 0.390 e. The molecule has 5 N–H and O–H groups in total. The van der Waals surface area contributed by atoms with Crippen LogP contribution < -0.4 is 11.5 Å². The van der Waals surface area contributed by atoms with Crippen LogP contribution in [0.15, 0.2) is 16.4 Å². The van der Waals surface area contributed by atoms with Crippen molar-refractivity contribution < 1.29 is 9.85 Å². The van der Waals surface area contributed by atoms with Crippen LogP contribution in [-0.4, -0.2) is 27.6 Å². The predicted molar refractivity (Wildman–Crippen MR) is 48.3 cm³/mol. The number of amidine groups is 2. The van der Waals surface area contributed by atoms with Gasteiger partial charge in [-0.15, -0.1) is 0 Å². The Bertz CT molecular complexity index is 423. The Balaban J connectivity index is 3.34. The summed E-state index contributed by atoms with van der Waals surface area (Å²) >= 11 is 0. The fourth-order valence-corrected chi connectivity index (χ4v) is 1.08. The summed E-state index contributed by atoms with van der Waals surface area (Å²) < 4.78 is 0. The van der Waals surface area contributed by atoms with Gasteiger partial charge in [0.25, 0.3) is 0 Å². The standard InChI is InChI=1S/C5H6N6O4/c6-1-2(10(12)13)4(7)9-5(8)3(1)11(14)15/h2H,6H2,(H3,7,8,9). The number of rotatable bonds is 2. The fourth-order valence-electron chi connectivity index (χ4n) is 1.08. The number of nitrogens with two attached hydrogens (primary N) is 2. The van der Waals surface area contributed by atoms with Crippen LogP contribution in [0.5, 0.6) is 0 Å². The maximum Gasteiger partial charge on any atom is 0.337 e. The fraction of sp³-hybridized carbons (Fsp3) is 0.200. The first-order valence-electron chi connectivity index (χ1n) is 3.56. The van der Waals surface area contributed by atoms with E-state index in [2.05, 4.69) is 4.99 Å². The average Bonchev–Trinajstić information content (AvgIpc) is 1.99. The van der Waals surface area contributed by atoms with E-state index < -0.39 is 39.0 Å². The van der Waals surface area contributed by atoms with Crippen LogP contribution in [0.4, 0.5) is 0 Å². The second-order valence-electron chi connectivity index (χ2n) is 2.63. The summed E-state index contributed by atoms with van der Waals surface area (Å²) in [4.78, 5) is 22.2. The van der Waals surface area contributed by atoms with Crippen molar-refractivity contribution in [3.8, 4) is 0 Å². The highest BCUT2D eigenvalue weighted by atomic mass is 16.6. The molecule has 1 aliphatic rings. The third-order valence-electron chi connectivity index (χ3n) is 1.70. The first-order chi connectivity index (χ1) is 6.86. The minimum absolute atomic E-state index is 0.597. The zero-order valence-corrected chi connectivity index (χ0v) is 7.21. The highest BCUT2D eigenvalue weighted by molar-refractivity contribution is 6.08. The van der Waals surface area contributed by atoms with Crippen LogP contribution in [0.3, 0.4) is 0 Å². The summed E-state index contributed by atoms with van der Waals surface area (Å²) in [5, 5.41) is 28.1. The highest BCUT2D eigenvalue weighted by Gasteiger charge is 2.41. The maximum atomic E-state index is 10.5. The van der Waals surface area contributed by atoms with Gasteiger partial charge in [0, 0.05) is 4.92 Å². The molecule has 1 atom stereocenters. The molecule has 1 aliphatic heterocycles. The molecule has 0 radical (unpaired) electrons. The monoisotopic (exact) mass is 214 g/mol. The van der Waals surface area contributed by atoms with Gasteiger partial charge in [-0.3, -0.25) is 25.6 Å². The van der Waals surface area contributed by atoms with Gasteiger partial charge in [-0.2, -0.15) is 0 Å². The van der Waals surface area contributed by atoms with E-state index in [1.54, 1.807) is 0 Å². The van der Waals surface area contributed by atoms with Crippen LogP contribution in [0.25, 0.3) is 0 Å². The molecule has 0 aromatic rings. The van der Waals surface area contributed by atoms with Gasteiger partial charge in [0.05, 0.1) is 4.92 Å². The lowest BCUT2D eigenvalue weighted by Gasteiger charge is -2.13. The summed E-state index contributed by atoms with van der Waals surface area (Å²) in [5.41, 5.74) is 8.84. The Morgan fingerprint density at radius 2 is 1.87 bits per heavy atom. The van der Waals surface area contributed by atoms with E-state index in [4.69, 9.17) is 16.9 Å². The second kappa shape index (κ2) is 3.32. The summed E-state index contributed by atoms with van der Waals surface area (Å²) in [7, 11) is 0. The van der Waals surface area contributed by atoms with E-state index >= 15 is 0 Å². The first-order valence-corrected chi connectivity index (χ1v) is 3.56. The Morgan fingerprint density at radius 3 is 2.27 bits per heavy atom. The second-order valence-corrected chi connectivity index (χ2v) is 2.63. The Labute approximate surface area is 82.1 Å². The van der Waals surface area contributed by atoms with Gasteiger partial charge >= 0.3 is 11.7 Å². The maximum absolute atomic E-state index is 10.5. The Kier molecular flexibility index (Phi) is 2.34. The smallest absolute Gasteiger partial charge is 0.337 e. The van der Waals surface area contributed by atoms with Gasteiger partial charge in [-0.05, 0) is 0 Å². The zero-order chi connectivity index (χ0) is 11.7. The van der Waals surface area contributed by atoms with Gasteiger partial charge in [0.1, 0.15) is 0 Å². The molecule has 0 aromatic carbocycles. The van der Waals surface area contributed by atoms with Crippen LogP contribution in [0, 0.1) is 25.6 Å². The van der Waals surface area contributed by atoms with Crippen molar-refractivity contribution in [2.45, 2.75) is 6.04 Å². The minimum atomic E-state index is -1.81. The third kappa shape index (κ3) is 1.59. The van der Waals surface area contributed by atoms with Crippen LogP contribution in [-0.2, 0) is 0 Å². The van der Waals surface area contributed by atoms with Crippen molar-refractivity contribution in [2.24, 2.45) is 16.5 Å². The molecule has 1 heterocycles. The van der Waals surface area contributed by atoms with Crippen molar-refractivity contribution in [3.63, 3.8) is 0 Å². The van der Waals surface area contributed by atoms with Gasteiger partial charge in [-0.1, -0.05) is 0 Å². The molecule has 1 rings (SSSR count). The molecule has 0 saturated heterocycles. The topological polar surface area (TPSA) is 175 Å². The molecular weight excluding hydrogens is 208 g/mol. The lowest BCUT2D eigenvalue weighted by atomic mass is 10.1. The Morgan fingerprint density at radius 1 is 1.33 bits per heavy atom. The van der Waals surface area contributed by atoms with E-state index in [0.717, 1.165) is 0 Å². The lowest BCUT2D eigenvalue weighted by molar-refractivity contribution is -0.497. The normalized spacial score (nSPS) is 21.2. The molecule has 80 valence electrons. The van der Waals surface area contributed by atoms with Crippen molar-refractivity contribution in [2.75, 3.05) is 0 Å². The molecule has 10 nitrogen and oxygen atoms in total. The molecule has 0 aliphatic carbocycles. The SMILES string of the molecule is N=C1N=C(N)C([N+](=O)[O-])=C(N)C1[N+](=O)[O-]. The summed E-state index contributed by atoms with van der Waals surface area (Å²) in [6.07, 6.45) is 0. The van der Waals surface area contributed by atoms with Gasteiger partial charge in [0.15, 0.2) is 5.70 Å². The molecule has 0 aromatic heterocycles. The van der Waals surface area contributed by atoms with Gasteiger partial charge in [-0.25, -0.2) is 4.99 Å². The molecule has 0 spiro atoms. The molecule has 0 saturated carbocycles.